The lowest BCUT2D eigenvalue weighted by Crippen LogP contribution is -2.54. The van der Waals surface area contributed by atoms with E-state index in [2.05, 4.69) is 10.4 Å². The molecule has 2 aromatic rings. The number of hydrogen-bond acceptors (Lipinski definition) is 4. The monoisotopic (exact) mass is 314 g/mol. The van der Waals surface area contributed by atoms with Crippen LogP contribution in [0.3, 0.4) is 0 Å². The van der Waals surface area contributed by atoms with E-state index >= 15 is 0 Å². The summed E-state index contributed by atoms with van der Waals surface area (Å²) in [7, 11) is 1.81. The van der Waals surface area contributed by atoms with Gasteiger partial charge in [-0.3, -0.25) is 9.48 Å². The molecule has 3 N–H and O–H groups in total. The Bertz CT molecular complexity index is 717. The molecule has 3 rings (SSSR count). The Morgan fingerprint density at radius 2 is 2.04 bits per heavy atom. The van der Waals surface area contributed by atoms with Crippen molar-refractivity contribution in [1.29, 1.82) is 0 Å². The van der Waals surface area contributed by atoms with Gasteiger partial charge in [0.1, 0.15) is 11.4 Å². The molecule has 0 unspecified atom stereocenters. The Labute approximate surface area is 135 Å². The van der Waals surface area contributed by atoms with Gasteiger partial charge in [-0.25, -0.2) is 0 Å². The largest absolute Gasteiger partial charge is 0.381 e. The number of carbonyl (C=O) groups is 1. The molecule has 6 heteroatoms. The summed E-state index contributed by atoms with van der Waals surface area (Å²) in [6.45, 7) is 3.08. The highest BCUT2D eigenvalue weighted by Gasteiger charge is 2.36. The maximum atomic E-state index is 12.5. The number of aryl methyl sites for hydroxylation is 2. The van der Waals surface area contributed by atoms with Gasteiger partial charge in [-0.15, -0.1) is 0 Å². The summed E-state index contributed by atoms with van der Waals surface area (Å²) in [4.78, 5) is 12.5. The third-order valence-corrected chi connectivity index (χ3v) is 4.38. The fourth-order valence-corrected chi connectivity index (χ4v) is 2.78. The number of anilines is 1. The van der Waals surface area contributed by atoms with Crippen LogP contribution in [0, 0.1) is 6.92 Å². The van der Waals surface area contributed by atoms with Gasteiger partial charge in [-0.05, 0) is 25.3 Å². The Balaban J connectivity index is 1.82. The lowest BCUT2D eigenvalue weighted by molar-refractivity contribution is -0.124. The summed E-state index contributed by atoms with van der Waals surface area (Å²) in [6, 6.07) is 9.91. The Morgan fingerprint density at radius 1 is 1.35 bits per heavy atom. The van der Waals surface area contributed by atoms with Crippen molar-refractivity contribution in [3.05, 3.63) is 35.9 Å². The number of nitrogens with zero attached hydrogens (tertiary/aromatic N) is 2. The first kappa shape index (κ1) is 15.7. The number of rotatable bonds is 3. The van der Waals surface area contributed by atoms with E-state index in [4.69, 9.17) is 10.5 Å². The van der Waals surface area contributed by atoms with Gasteiger partial charge in [0, 0.05) is 31.9 Å². The predicted molar refractivity (Wildman–Crippen MR) is 89.0 cm³/mol. The predicted octanol–water partition coefficient (Wildman–Crippen LogP) is 1.84. The topological polar surface area (TPSA) is 82.2 Å². The number of amides is 1. The van der Waals surface area contributed by atoms with Crippen LogP contribution in [0.2, 0.25) is 0 Å². The summed E-state index contributed by atoms with van der Waals surface area (Å²) < 4.78 is 6.96. The molecule has 1 saturated heterocycles. The Hall–Kier alpha value is -2.18. The van der Waals surface area contributed by atoms with Crippen LogP contribution in [-0.2, 0) is 16.6 Å². The zero-order chi connectivity index (χ0) is 16.4. The summed E-state index contributed by atoms with van der Waals surface area (Å²) in [5, 5.41) is 7.41. The first-order valence-electron chi connectivity index (χ1n) is 7.78. The summed E-state index contributed by atoms with van der Waals surface area (Å²) in [6.07, 6.45) is 1.06. The molecule has 0 spiro atoms. The first-order valence-corrected chi connectivity index (χ1v) is 7.78. The van der Waals surface area contributed by atoms with E-state index in [1.54, 1.807) is 4.68 Å². The van der Waals surface area contributed by atoms with Crippen LogP contribution in [0.5, 0.6) is 0 Å². The van der Waals surface area contributed by atoms with Gasteiger partial charge in [-0.2, -0.15) is 5.10 Å². The molecule has 6 nitrogen and oxygen atoms in total. The third-order valence-electron chi connectivity index (χ3n) is 4.38. The van der Waals surface area contributed by atoms with Gasteiger partial charge < -0.3 is 15.8 Å². The molecular formula is C17H22N4O2. The van der Waals surface area contributed by atoms with Gasteiger partial charge in [0.15, 0.2) is 0 Å². The minimum atomic E-state index is -0.870. The highest BCUT2D eigenvalue weighted by molar-refractivity contribution is 5.97. The second kappa shape index (κ2) is 6.14. The lowest BCUT2D eigenvalue weighted by atomic mass is 9.90. The smallest absolute Gasteiger partial charge is 0.245 e. The number of nitrogens with one attached hydrogen (secondary N) is 1. The van der Waals surface area contributed by atoms with Crippen LogP contribution in [0.15, 0.2) is 30.3 Å². The third kappa shape index (κ3) is 3.13. The molecule has 0 radical (unpaired) electrons. The highest BCUT2D eigenvalue weighted by Crippen LogP contribution is 2.26. The number of benzene rings is 1. The molecule has 0 atom stereocenters. The van der Waals surface area contributed by atoms with Crippen molar-refractivity contribution in [2.75, 3.05) is 18.5 Å². The molecule has 0 bridgehead atoms. The maximum Gasteiger partial charge on any atom is 0.245 e. The summed E-state index contributed by atoms with van der Waals surface area (Å²) in [5.41, 5.74) is 8.38. The molecule has 1 aromatic carbocycles. The second-order valence-electron chi connectivity index (χ2n) is 6.08. The number of aromatic nitrogens is 2. The Morgan fingerprint density at radius 3 is 2.74 bits per heavy atom. The van der Waals surface area contributed by atoms with Crippen LogP contribution in [0.4, 0.5) is 5.82 Å². The van der Waals surface area contributed by atoms with Gasteiger partial charge in [0.05, 0.1) is 5.69 Å². The van der Waals surface area contributed by atoms with Gasteiger partial charge in [0.2, 0.25) is 5.91 Å². The van der Waals surface area contributed by atoms with Crippen LogP contribution < -0.4 is 11.1 Å². The molecule has 1 fully saturated rings. The fourth-order valence-electron chi connectivity index (χ4n) is 2.78. The number of nitrogens with two attached hydrogens (primary N) is 1. The molecule has 1 aromatic heterocycles. The molecule has 1 amide bonds. The van der Waals surface area contributed by atoms with E-state index in [1.807, 2.05) is 44.3 Å². The van der Waals surface area contributed by atoms with E-state index < -0.39 is 5.54 Å². The van der Waals surface area contributed by atoms with Gasteiger partial charge >= 0.3 is 0 Å². The normalized spacial score (nSPS) is 17.0. The molecular weight excluding hydrogens is 292 g/mol. The zero-order valence-electron chi connectivity index (χ0n) is 13.5. The summed E-state index contributed by atoms with van der Waals surface area (Å²) in [5.74, 6) is 0.463. The van der Waals surface area contributed by atoms with E-state index in [0.717, 1.165) is 16.8 Å². The fraction of sp³-hybridized carbons (Fsp3) is 0.412. The second-order valence-corrected chi connectivity index (χ2v) is 6.08. The molecule has 1 aliphatic rings. The van der Waals surface area contributed by atoms with Crippen LogP contribution in [0.1, 0.15) is 18.4 Å². The van der Waals surface area contributed by atoms with Crippen molar-refractivity contribution in [1.82, 2.24) is 9.78 Å². The minimum absolute atomic E-state index is 0.180. The standard InChI is InChI=1S/C17H22N4O2/c1-12-5-3-4-6-13(12)14-11-15(21(2)20-14)19-16(22)17(18)7-9-23-10-8-17/h3-6,11H,7-10,18H2,1-2H3,(H,19,22). The maximum absolute atomic E-state index is 12.5. The molecule has 23 heavy (non-hydrogen) atoms. The van der Waals surface area contributed by atoms with Crippen molar-refractivity contribution in [3.8, 4) is 11.3 Å². The minimum Gasteiger partial charge on any atom is -0.381 e. The van der Waals surface area contributed by atoms with Crippen LogP contribution >= 0.6 is 0 Å². The molecule has 0 aliphatic carbocycles. The van der Waals surface area contributed by atoms with Crippen molar-refractivity contribution in [3.63, 3.8) is 0 Å². The van der Waals surface area contributed by atoms with Gasteiger partial charge in [-0.1, -0.05) is 24.3 Å². The van der Waals surface area contributed by atoms with Crippen molar-refractivity contribution in [2.45, 2.75) is 25.3 Å². The zero-order valence-corrected chi connectivity index (χ0v) is 13.5. The number of hydrogen-bond donors (Lipinski definition) is 2. The van der Waals surface area contributed by atoms with E-state index in [1.165, 1.54) is 0 Å². The average Bonchev–Trinajstić information content (AvgIpc) is 2.89. The van der Waals surface area contributed by atoms with E-state index in [0.29, 0.717) is 31.9 Å². The average molecular weight is 314 g/mol. The number of carbonyl (C=O) groups excluding carboxylic acids is 1. The number of ether oxygens (including phenoxy) is 1. The first-order chi connectivity index (χ1) is 11.0. The van der Waals surface area contributed by atoms with Crippen LogP contribution in [-0.4, -0.2) is 34.4 Å². The molecule has 2 heterocycles. The molecule has 122 valence electrons. The SMILES string of the molecule is Cc1ccccc1-c1cc(NC(=O)C2(N)CCOCC2)n(C)n1. The van der Waals surface area contributed by atoms with E-state index in [9.17, 15) is 4.79 Å². The van der Waals surface area contributed by atoms with Crippen LogP contribution in [0.25, 0.3) is 11.3 Å². The quantitative estimate of drug-likeness (QED) is 0.905. The van der Waals surface area contributed by atoms with Crippen molar-refractivity contribution in [2.24, 2.45) is 12.8 Å². The van der Waals surface area contributed by atoms with Crippen molar-refractivity contribution < 1.29 is 9.53 Å². The Kier molecular flexibility index (Phi) is 4.19. The van der Waals surface area contributed by atoms with E-state index in [-0.39, 0.29) is 5.91 Å². The lowest BCUT2D eigenvalue weighted by Gasteiger charge is -2.31. The summed E-state index contributed by atoms with van der Waals surface area (Å²) >= 11 is 0. The molecule has 1 aliphatic heterocycles. The van der Waals surface area contributed by atoms with Gasteiger partial charge in [0.25, 0.3) is 0 Å². The molecule has 0 saturated carbocycles. The highest BCUT2D eigenvalue weighted by atomic mass is 16.5. The van der Waals surface area contributed by atoms with Crippen molar-refractivity contribution >= 4 is 11.7 Å².